The molecule has 3 aromatic carbocycles. The zero-order valence-corrected chi connectivity index (χ0v) is 32.2. The number of aliphatic hydroxyl groups excluding tert-OH is 4. The molecule has 54 heavy (non-hydrogen) atoms. The fourth-order valence-electron chi connectivity index (χ4n) is 5.84. The van der Waals surface area contributed by atoms with Gasteiger partial charge in [-0.3, -0.25) is 0 Å². The number of aliphatic hydroxyl groups is 4. The van der Waals surface area contributed by atoms with Crippen molar-refractivity contribution in [3.8, 4) is 0 Å². The SMILES string of the molecule is CN(C)c1ccc(C(c2ccc(N(CCOCCO)CCOCCOCCO)cc2)c2ccc(N(CCOCCO)CCOCCOCCO)cc2)cc1. The van der Waals surface area contributed by atoms with Crippen molar-refractivity contribution in [2.24, 2.45) is 0 Å². The Bertz CT molecular complexity index is 1260. The van der Waals surface area contributed by atoms with Gasteiger partial charge in [0.2, 0.25) is 0 Å². The van der Waals surface area contributed by atoms with Crippen molar-refractivity contribution in [2.45, 2.75) is 5.92 Å². The van der Waals surface area contributed by atoms with Crippen LogP contribution in [0.5, 0.6) is 0 Å². The highest BCUT2D eigenvalue weighted by Crippen LogP contribution is 2.35. The maximum atomic E-state index is 9.17. The second kappa shape index (κ2) is 28.1. The minimum absolute atomic E-state index is 0.00677. The molecule has 13 nitrogen and oxygen atoms in total. The normalized spacial score (nSPS) is 11.4. The van der Waals surface area contributed by atoms with Crippen LogP contribution < -0.4 is 14.7 Å². The molecule has 0 aliphatic heterocycles. The summed E-state index contributed by atoms with van der Waals surface area (Å²) in [6.07, 6.45) is 0. The number of anilines is 3. The van der Waals surface area contributed by atoms with Gasteiger partial charge >= 0.3 is 0 Å². The van der Waals surface area contributed by atoms with Gasteiger partial charge in [-0.15, -0.1) is 0 Å². The van der Waals surface area contributed by atoms with Crippen LogP contribution in [0, 0.1) is 0 Å². The summed E-state index contributed by atoms with van der Waals surface area (Å²) >= 11 is 0. The fraction of sp³-hybridized carbons (Fsp3) is 0.561. The molecule has 302 valence electrons. The maximum Gasteiger partial charge on any atom is 0.0701 e. The molecular formula is C41H63N3O10. The van der Waals surface area contributed by atoms with Crippen LogP contribution in [0.15, 0.2) is 72.8 Å². The lowest BCUT2D eigenvalue weighted by Gasteiger charge is -2.27. The lowest BCUT2D eigenvalue weighted by Crippen LogP contribution is -2.31. The predicted molar refractivity (Wildman–Crippen MR) is 212 cm³/mol. The minimum atomic E-state index is -0.0171. The summed E-state index contributed by atoms with van der Waals surface area (Å²) in [6, 6.07) is 26.0. The summed E-state index contributed by atoms with van der Waals surface area (Å²) in [5, 5.41) is 36.2. The molecule has 0 aliphatic carbocycles. The Morgan fingerprint density at radius 3 is 0.907 bits per heavy atom. The minimum Gasteiger partial charge on any atom is -0.394 e. The van der Waals surface area contributed by atoms with Gasteiger partial charge in [0.1, 0.15) is 0 Å². The third kappa shape index (κ3) is 17.0. The summed E-state index contributed by atoms with van der Waals surface area (Å²) in [5.74, 6) is -0.0171. The molecule has 0 unspecified atom stereocenters. The van der Waals surface area contributed by atoms with Crippen LogP contribution in [-0.2, 0) is 28.4 Å². The van der Waals surface area contributed by atoms with Gasteiger partial charge in [0.15, 0.2) is 0 Å². The van der Waals surface area contributed by atoms with Crippen molar-refractivity contribution >= 4 is 17.1 Å². The topological polar surface area (TPSA) is 146 Å². The van der Waals surface area contributed by atoms with Crippen molar-refractivity contribution in [2.75, 3.05) is 161 Å². The molecule has 0 bridgehead atoms. The second-order valence-electron chi connectivity index (χ2n) is 12.6. The highest BCUT2D eigenvalue weighted by atomic mass is 16.5. The van der Waals surface area contributed by atoms with E-state index in [-0.39, 0.29) is 32.3 Å². The Morgan fingerprint density at radius 2 is 0.630 bits per heavy atom. The molecule has 0 saturated carbocycles. The molecule has 0 fully saturated rings. The Balaban J connectivity index is 1.82. The third-order valence-electron chi connectivity index (χ3n) is 8.63. The van der Waals surface area contributed by atoms with E-state index in [0.717, 1.165) is 28.2 Å². The highest BCUT2D eigenvalue weighted by Gasteiger charge is 2.19. The van der Waals surface area contributed by atoms with Gasteiger partial charge < -0.3 is 63.5 Å². The number of benzene rings is 3. The number of nitrogens with zero attached hydrogens (tertiary/aromatic N) is 3. The summed E-state index contributed by atoms with van der Waals surface area (Å²) in [4.78, 5) is 6.53. The van der Waals surface area contributed by atoms with Gasteiger partial charge in [-0.1, -0.05) is 36.4 Å². The van der Waals surface area contributed by atoms with Crippen LogP contribution in [0.2, 0.25) is 0 Å². The molecule has 0 spiro atoms. The van der Waals surface area contributed by atoms with Crippen LogP contribution in [0.25, 0.3) is 0 Å². The van der Waals surface area contributed by atoms with Gasteiger partial charge in [-0.05, 0) is 53.1 Å². The van der Waals surface area contributed by atoms with E-state index in [0.29, 0.717) is 105 Å². The monoisotopic (exact) mass is 757 g/mol. The van der Waals surface area contributed by atoms with Crippen molar-refractivity contribution in [1.29, 1.82) is 0 Å². The van der Waals surface area contributed by atoms with Crippen LogP contribution >= 0.6 is 0 Å². The van der Waals surface area contributed by atoms with Gasteiger partial charge in [-0.25, -0.2) is 0 Å². The molecule has 0 heterocycles. The summed E-state index contributed by atoms with van der Waals surface area (Å²) in [7, 11) is 4.08. The van der Waals surface area contributed by atoms with E-state index in [9.17, 15) is 10.2 Å². The first kappa shape index (κ1) is 45.1. The van der Waals surface area contributed by atoms with Crippen molar-refractivity contribution in [1.82, 2.24) is 0 Å². The first-order chi connectivity index (χ1) is 26.5. The van der Waals surface area contributed by atoms with Crippen molar-refractivity contribution < 1.29 is 48.8 Å². The number of rotatable bonds is 32. The lowest BCUT2D eigenvalue weighted by atomic mass is 9.85. The quantitative estimate of drug-likeness (QED) is 0.0548. The lowest BCUT2D eigenvalue weighted by molar-refractivity contribution is 0.0347. The third-order valence-corrected chi connectivity index (χ3v) is 8.63. The van der Waals surface area contributed by atoms with E-state index in [1.165, 1.54) is 5.56 Å². The number of ether oxygens (including phenoxy) is 6. The van der Waals surface area contributed by atoms with Gasteiger partial charge in [0.25, 0.3) is 0 Å². The Labute approximate surface area is 321 Å². The fourth-order valence-corrected chi connectivity index (χ4v) is 5.84. The molecule has 0 radical (unpaired) electrons. The van der Waals surface area contributed by atoms with E-state index in [1.807, 2.05) is 14.1 Å². The molecule has 0 aromatic heterocycles. The highest BCUT2D eigenvalue weighted by molar-refractivity contribution is 5.56. The average molecular weight is 758 g/mol. The Morgan fingerprint density at radius 1 is 0.370 bits per heavy atom. The predicted octanol–water partition coefficient (Wildman–Crippen LogP) is 2.61. The Hall–Kier alpha value is -3.34. The molecule has 0 atom stereocenters. The summed E-state index contributed by atoms with van der Waals surface area (Å²) in [5.41, 5.74) is 6.71. The standard InChI is InChI=1S/C41H63N3O10/c1-42(2)38-9-3-35(4-10-38)41(36-5-11-39(12-6-36)43(15-23-49-27-19-45)17-25-51-31-33-53-29-21-47)37-7-13-40(14-8-37)44(16-24-50-28-20-46)18-26-52-32-34-54-30-22-48/h3-14,41,45-48H,15-34H2,1-2H3. The molecule has 13 heteroatoms. The van der Waals surface area contributed by atoms with Gasteiger partial charge in [0.05, 0.1) is 106 Å². The van der Waals surface area contributed by atoms with E-state index < -0.39 is 0 Å². The average Bonchev–Trinajstić information content (AvgIpc) is 3.19. The zero-order valence-electron chi connectivity index (χ0n) is 32.2. The van der Waals surface area contributed by atoms with E-state index in [1.54, 1.807) is 0 Å². The molecular weight excluding hydrogens is 694 g/mol. The summed E-state index contributed by atoms with van der Waals surface area (Å²) in [6.45, 7) is 7.47. The van der Waals surface area contributed by atoms with E-state index in [2.05, 4.69) is 87.5 Å². The maximum absolute atomic E-state index is 9.17. The van der Waals surface area contributed by atoms with Crippen LogP contribution in [0.1, 0.15) is 22.6 Å². The Kier molecular flexibility index (Phi) is 23.5. The molecule has 3 rings (SSSR count). The van der Waals surface area contributed by atoms with Crippen molar-refractivity contribution in [3.63, 3.8) is 0 Å². The van der Waals surface area contributed by atoms with E-state index >= 15 is 0 Å². The molecule has 0 aliphatic rings. The van der Waals surface area contributed by atoms with Gasteiger partial charge in [0, 0.05) is 63.3 Å². The smallest absolute Gasteiger partial charge is 0.0701 e. The first-order valence-electron chi connectivity index (χ1n) is 18.9. The first-order valence-corrected chi connectivity index (χ1v) is 18.9. The molecule has 0 saturated heterocycles. The second-order valence-corrected chi connectivity index (χ2v) is 12.6. The largest absolute Gasteiger partial charge is 0.394 e. The van der Waals surface area contributed by atoms with E-state index in [4.69, 9.17) is 38.6 Å². The molecule has 3 aromatic rings. The van der Waals surface area contributed by atoms with Gasteiger partial charge in [-0.2, -0.15) is 0 Å². The van der Waals surface area contributed by atoms with Crippen molar-refractivity contribution in [3.05, 3.63) is 89.5 Å². The van der Waals surface area contributed by atoms with Crippen LogP contribution in [0.4, 0.5) is 17.1 Å². The van der Waals surface area contributed by atoms with Crippen LogP contribution in [0.3, 0.4) is 0 Å². The zero-order chi connectivity index (χ0) is 38.6. The molecule has 0 amide bonds. The number of hydrogen-bond donors (Lipinski definition) is 4. The molecule has 4 N–H and O–H groups in total. The number of hydrogen-bond acceptors (Lipinski definition) is 13. The summed E-state index contributed by atoms with van der Waals surface area (Å²) < 4.78 is 33.4. The van der Waals surface area contributed by atoms with Crippen LogP contribution in [-0.4, -0.2) is 166 Å².